The van der Waals surface area contributed by atoms with Gasteiger partial charge in [-0.05, 0) is 31.2 Å². The Balaban J connectivity index is 1.24. The van der Waals surface area contributed by atoms with E-state index in [4.69, 9.17) is 0 Å². The monoisotopic (exact) mass is 414 g/mol. The highest BCUT2D eigenvalue weighted by Gasteiger charge is 2.27. The highest BCUT2D eigenvalue weighted by Crippen LogP contribution is 2.26. The first-order chi connectivity index (χ1) is 14.6. The van der Waals surface area contributed by atoms with Crippen molar-refractivity contribution in [2.75, 3.05) is 44.2 Å². The summed E-state index contributed by atoms with van der Waals surface area (Å²) in [7, 11) is 0. The van der Waals surface area contributed by atoms with E-state index < -0.39 is 0 Å². The summed E-state index contributed by atoms with van der Waals surface area (Å²) in [4.78, 5) is 32.1. The van der Waals surface area contributed by atoms with Gasteiger partial charge in [-0.25, -0.2) is 4.98 Å². The average molecular weight is 415 g/mol. The second kappa shape index (κ2) is 9.38. The molecule has 2 N–H and O–H groups in total. The number of nitrogens with one attached hydrogen (secondary N) is 2. The lowest BCUT2D eigenvalue weighted by Gasteiger charge is -2.39. The van der Waals surface area contributed by atoms with Crippen LogP contribution in [0.5, 0.6) is 0 Å². The summed E-state index contributed by atoms with van der Waals surface area (Å²) in [6.45, 7) is 6.51. The van der Waals surface area contributed by atoms with Crippen molar-refractivity contribution in [2.45, 2.75) is 38.6 Å². The van der Waals surface area contributed by atoms with E-state index in [1.807, 2.05) is 10.5 Å². The maximum atomic E-state index is 12.0. The Labute approximate surface area is 176 Å². The van der Waals surface area contributed by atoms with Crippen molar-refractivity contribution in [3.05, 3.63) is 18.6 Å². The van der Waals surface area contributed by atoms with Crippen molar-refractivity contribution in [3.8, 4) is 0 Å². The van der Waals surface area contributed by atoms with E-state index in [1.54, 1.807) is 12.5 Å². The number of aromatic nitrogens is 4. The quantitative estimate of drug-likeness (QED) is 0.688. The second-order valence-corrected chi connectivity index (χ2v) is 8.30. The summed E-state index contributed by atoms with van der Waals surface area (Å²) in [6.07, 6.45) is 7.88. The largest absolute Gasteiger partial charge is 0.355 e. The van der Waals surface area contributed by atoms with E-state index in [1.165, 1.54) is 13.3 Å². The third-order valence-corrected chi connectivity index (χ3v) is 6.05. The van der Waals surface area contributed by atoms with Crippen molar-refractivity contribution >= 4 is 23.4 Å². The van der Waals surface area contributed by atoms with Gasteiger partial charge in [0, 0.05) is 51.9 Å². The molecule has 0 unspecified atom stereocenters. The van der Waals surface area contributed by atoms with E-state index in [-0.39, 0.29) is 24.4 Å². The minimum Gasteiger partial charge on any atom is -0.355 e. The molecule has 1 saturated heterocycles. The standard InChI is InChI=1S/C20H30N8O2/c1-15(29)22-12-18(30)24-17-4-2-3-16(11-17)13-26-7-9-27(10-8-26)19-5-6-21-20-25-23-14-28(19)20/h5-6,14,16-17H,2-4,7-13H2,1H3,(H,22,29)(H,24,30)/t16-,17-/m1/s1. The van der Waals surface area contributed by atoms with E-state index >= 15 is 0 Å². The second-order valence-electron chi connectivity index (χ2n) is 8.30. The fraction of sp³-hybridized carbons (Fsp3) is 0.650. The molecule has 10 heteroatoms. The predicted molar refractivity (Wildman–Crippen MR) is 112 cm³/mol. The fourth-order valence-corrected chi connectivity index (χ4v) is 4.58. The van der Waals surface area contributed by atoms with Crippen LogP contribution in [0.3, 0.4) is 0 Å². The van der Waals surface area contributed by atoms with E-state index in [2.05, 4.69) is 35.6 Å². The van der Waals surface area contributed by atoms with Gasteiger partial charge in [0.05, 0.1) is 6.54 Å². The highest BCUT2D eigenvalue weighted by molar-refractivity contribution is 5.83. The molecule has 1 aliphatic heterocycles. The topological polar surface area (TPSA) is 108 Å². The summed E-state index contributed by atoms with van der Waals surface area (Å²) >= 11 is 0. The summed E-state index contributed by atoms with van der Waals surface area (Å²) in [6, 6.07) is 2.23. The zero-order valence-electron chi connectivity index (χ0n) is 17.5. The lowest BCUT2D eigenvalue weighted by atomic mass is 9.85. The Morgan fingerprint density at radius 3 is 2.83 bits per heavy atom. The smallest absolute Gasteiger partial charge is 0.256 e. The molecule has 162 valence electrons. The normalized spacial score (nSPS) is 22.8. The van der Waals surface area contributed by atoms with Crippen LogP contribution in [0.1, 0.15) is 32.6 Å². The molecule has 0 radical (unpaired) electrons. The van der Waals surface area contributed by atoms with Crippen LogP contribution in [0.15, 0.2) is 18.6 Å². The molecule has 10 nitrogen and oxygen atoms in total. The number of carbonyl (C=O) groups is 2. The van der Waals surface area contributed by atoms with E-state index in [9.17, 15) is 9.59 Å². The minimum absolute atomic E-state index is 0.0627. The van der Waals surface area contributed by atoms with Crippen molar-refractivity contribution in [2.24, 2.45) is 5.92 Å². The molecule has 0 bridgehead atoms. The maximum absolute atomic E-state index is 12.0. The van der Waals surface area contributed by atoms with E-state index in [0.29, 0.717) is 11.7 Å². The number of piperazine rings is 1. The number of amides is 2. The molecule has 2 aliphatic rings. The maximum Gasteiger partial charge on any atom is 0.256 e. The highest BCUT2D eigenvalue weighted by atomic mass is 16.2. The number of carbonyl (C=O) groups excluding carboxylic acids is 2. The molecule has 0 aromatic carbocycles. The number of anilines is 1. The number of fused-ring (bicyclic) bond motifs is 1. The molecule has 4 rings (SSSR count). The summed E-state index contributed by atoms with van der Waals surface area (Å²) in [5.41, 5.74) is 0. The van der Waals surface area contributed by atoms with Crippen molar-refractivity contribution in [1.82, 2.24) is 35.1 Å². The molecule has 2 fully saturated rings. The van der Waals surface area contributed by atoms with Crippen LogP contribution in [0, 0.1) is 5.92 Å². The van der Waals surface area contributed by atoms with Gasteiger partial charge in [0.25, 0.3) is 5.78 Å². The Kier molecular flexibility index (Phi) is 6.41. The van der Waals surface area contributed by atoms with Crippen molar-refractivity contribution in [3.63, 3.8) is 0 Å². The fourth-order valence-electron chi connectivity index (χ4n) is 4.58. The zero-order valence-corrected chi connectivity index (χ0v) is 17.5. The SMILES string of the molecule is CC(=O)NCC(=O)N[C@@H]1CCC[C@@H](CN2CCN(c3ccnc4nncn34)CC2)C1. The molecule has 3 heterocycles. The number of hydrogen-bond donors (Lipinski definition) is 2. The lowest BCUT2D eigenvalue weighted by Crippen LogP contribution is -2.49. The van der Waals surface area contributed by atoms with Crippen LogP contribution in [0.2, 0.25) is 0 Å². The molecular weight excluding hydrogens is 384 g/mol. The van der Waals surface area contributed by atoms with Crippen LogP contribution in [0.4, 0.5) is 5.82 Å². The molecule has 0 spiro atoms. The summed E-state index contributed by atoms with van der Waals surface area (Å²) in [5.74, 6) is 2.04. The first-order valence-electron chi connectivity index (χ1n) is 10.7. The number of hydrogen-bond acceptors (Lipinski definition) is 7. The third-order valence-electron chi connectivity index (χ3n) is 6.05. The van der Waals surface area contributed by atoms with Gasteiger partial charge in [0.1, 0.15) is 12.1 Å². The first-order valence-corrected chi connectivity index (χ1v) is 10.7. The van der Waals surface area contributed by atoms with Gasteiger partial charge in [0.2, 0.25) is 11.8 Å². The van der Waals surface area contributed by atoms with Crippen LogP contribution in [-0.2, 0) is 9.59 Å². The van der Waals surface area contributed by atoms with Crippen LogP contribution in [-0.4, -0.2) is 81.6 Å². The Morgan fingerprint density at radius 2 is 2.03 bits per heavy atom. The zero-order chi connectivity index (χ0) is 20.9. The lowest BCUT2D eigenvalue weighted by molar-refractivity contribution is -0.125. The van der Waals surface area contributed by atoms with Gasteiger partial charge in [0.15, 0.2) is 0 Å². The van der Waals surface area contributed by atoms with Crippen molar-refractivity contribution < 1.29 is 9.59 Å². The summed E-state index contributed by atoms with van der Waals surface area (Å²) in [5, 5.41) is 13.6. The van der Waals surface area contributed by atoms with Gasteiger partial charge in [-0.2, -0.15) is 0 Å². The van der Waals surface area contributed by atoms with Crippen molar-refractivity contribution in [1.29, 1.82) is 0 Å². The predicted octanol–water partition coefficient (Wildman–Crippen LogP) is 0.0574. The molecule has 2 aromatic rings. The van der Waals surface area contributed by atoms with Gasteiger partial charge >= 0.3 is 0 Å². The number of nitrogens with zero attached hydrogens (tertiary/aromatic N) is 6. The third kappa shape index (κ3) is 5.05. The Bertz CT molecular complexity index is 877. The summed E-state index contributed by atoms with van der Waals surface area (Å²) < 4.78 is 1.94. The Morgan fingerprint density at radius 1 is 1.20 bits per heavy atom. The first kappa shape index (κ1) is 20.5. The van der Waals surface area contributed by atoms with E-state index in [0.717, 1.165) is 57.8 Å². The minimum atomic E-state index is -0.178. The number of rotatable bonds is 6. The molecule has 1 saturated carbocycles. The average Bonchev–Trinajstić information content (AvgIpc) is 3.22. The Hall–Kier alpha value is -2.75. The van der Waals surface area contributed by atoms with Gasteiger partial charge in [-0.3, -0.25) is 18.9 Å². The molecule has 2 atom stereocenters. The van der Waals surface area contributed by atoms with Crippen LogP contribution in [0.25, 0.3) is 5.78 Å². The van der Waals surface area contributed by atoms with Gasteiger partial charge < -0.3 is 15.5 Å². The molecule has 1 aliphatic carbocycles. The van der Waals surface area contributed by atoms with Gasteiger partial charge in [-0.15, -0.1) is 10.2 Å². The molecular formula is C20H30N8O2. The molecule has 30 heavy (non-hydrogen) atoms. The molecule has 2 aromatic heterocycles. The van der Waals surface area contributed by atoms with Crippen LogP contribution < -0.4 is 15.5 Å². The van der Waals surface area contributed by atoms with Crippen LogP contribution >= 0.6 is 0 Å². The molecule has 2 amide bonds. The van der Waals surface area contributed by atoms with Gasteiger partial charge in [-0.1, -0.05) is 6.42 Å².